The summed E-state index contributed by atoms with van der Waals surface area (Å²) in [4.78, 5) is 0. The summed E-state index contributed by atoms with van der Waals surface area (Å²) in [6, 6.07) is 0.794. The third-order valence-electron chi connectivity index (χ3n) is 6.62. The molecule has 0 radical (unpaired) electrons. The maximum Gasteiger partial charge on any atom is 0.0685 e. The summed E-state index contributed by atoms with van der Waals surface area (Å²) in [5.41, 5.74) is 1.85. The van der Waals surface area contributed by atoms with Gasteiger partial charge in [-0.3, -0.25) is 0 Å². The zero-order chi connectivity index (χ0) is 12.3. The van der Waals surface area contributed by atoms with Crippen LogP contribution in [0.2, 0.25) is 0 Å². The molecule has 3 saturated carbocycles. The van der Waals surface area contributed by atoms with Crippen molar-refractivity contribution in [1.29, 1.82) is 0 Å². The maximum atomic E-state index is 4.16. The van der Waals surface area contributed by atoms with E-state index in [-0.39, 0.29) is 0 Å². The molecule has 0 aromatic heterocycles. The normalized spacial score (nSPS) is 52.2. The van der Waals surface area contributed by atoms with E-state index in [1.165, 1.54) is 44.9 Å². The van der Waals surface area contributed by atoms with Crippen LogP contribution in [0.1, 0.15) is 65.7 Å². The highest BCUT2D eigenvalue weighted by molar-refractivity contribution is 5.12. The molecule has 0 saturated heterocycles. The predicted molar refractivity (Wildman–Crippen MR) is 71.2 cm³/mol. The van der Waals surface area contributed by atoms with Gasteiger partial charge in [0.1, 0.15) is 0 Å². The standard InChI is InChI=1S/C16H29N/c1-14(2)10-13(17-4)16-8-5-7-15(3,11-16)9-6-12(14)16/h12-13H,4-11,17H2,1-3H3. The third-order valence-corrected chi connectivity index (χ3v) is 6.62. The second kappa shape index (κ2) is 3.50. The summed E-state index contributed by atoms with van der Waals surface area (Å²) in [7, 11) is 4.16. The molecule has 2 bridgehead atoms. The van der Waals surface area contributed by atoms with Crippen molar-refractivity contribution in [2.24, 2.45) is 22.2 Å². The van der Waals surface area contributed by atoms with Crippen molar-refractivity contribution in [2.45, 2.75) is 71.8 Å². The topological polar surface area (TPSA) is 16.6 Å². The first kappa shape index (κ1) is 12.0. The Morgan fingerprint density at radius 2 is 1.88 bits per heavy atom. The molecular weight excluding hydrogens is 206 g/mol. The van der Waals surface area contributed by atoms with Gasteiger partial charge in [0.15, 0.2) is 0 Å². The van der Waals surface area contributed by atoms with Crippen molar-refractivity contribution in [1.82, 2.24) is 0 Å². The second-order valence-electron chi connectivity index (χ2n) is 8.20. The monoisotopic (exact) mass is 235 g/mol. The highest BCUT2D eigenvalue weighted by Crippen LogP contribution is 2.67. The smallest absolute Gasteiger partial charge is 0.0685 e. The molecule has 3 fully saturated rings. The first-order valence-electron chi connectivity index (χ1n) is 7.55. The van der Waals surface area contributed by atoms with Crippen LogP contribution >= 0.6 is 0 Å². The van der Waals surface area contributed by atoms with Gasteiger partial charge < -0.3 is 5.32 Å². The van der Waals surface area contributed by atoms with Gasteiger partial charge in [0.25, 0.3) is 0 Å². The number of quaternary nitrogens is 1. The lowest BCUT2D eigenvalue weighted by Crippen LogP contribution is -2.87. The van der Waals surface area contributed by atoms with Gasteiger partial charge in [0.05, 0.1) is 6.04 Å². The summed E-state index contributed by atoms with van der Waals surface area (Å²) in [6.07, 6.45) is 10.3. The van der Waals surface area contributed by atoms with Crippen LogP contribution in [0, 0.1) is 29.2 Å². The minimum Gasteiger partial charge on any atom is -0.476 e. The highest BCUT2D eigenvalue weighted by Gasteiger charge is 2.63. The molecule has 0 aliphatic heterocycles. The Balaban J connectivity index is 2.00. The Morgan fingerprint density at radius 1 is 1.12 bits per heavy atom. The zero-order valence-electron chi connectivity index (χ0n) is 11.9. The number of hydrogen-bond donors (Lipinski definition) is 1. The lowest BCUT2D eigenvalue weighted by Gasteiger charge is -2.55. The van der Waals surface area contributed by atoms with Crippen molar-refractivity contribution in [3.63, 3.8) is 0 Å². The van der Waals surface area contributed by atoms with E-state index in [2.05, 4.69) is 33.1 Å². The van der Waals surface area contributed by atoms with Gasteiger partial charge in [-0.05, 0) is 48.9 Å². The van der Waals surface area contributed by atoms with Crippen LogP contribution < -0.4 is 5.32 Å². The molecule has 98 valence electrons. The van der Waals surface area contributed by atoms with Gasteiger partial charge >= 0.3 is 0 Å². The Kier molecular flexibility index (Phi) is 2.47. The van der Waals surface area contributed by atoms with Crippen LogP contribution in [0.4, 0.5) is 0 Å². The van der Waals surface area contributed by atoms with Crippen molar-refractivity contribution >= 4 is 0 Å². The minimum atomic E-state index is 0.553. The van der Waals surface area contributed by atoms with E-state index < -0.39 is 0 Å². The Morgan fingerprint density at radius 3 is 2.59 bits per heavy atom. The molecule has 4 unspecified atom stereocenters. The first-order valence-corrected chi connectivity index (χ1v) is 7.55. The van der Waals surface area contributed by atoms with Crippen LogP contribution in [-0.4, -0.2) is 6.04 Å². The van der Waals surface area contributed by atoms with E-state index >= 15 is 0 Å². The average molecular weight is 235 g/mol. The molecule has 3 aliphatic carbocycles. The quantitative estimate of drug-likeness (QED) is 0.673. The summed E-state index contributed by atoms with van der Waals surface area (Å²) >= 11 is 0. The van der Waals surface area contributed by atoms with Gasteiger partial charge in [0, 0.05) is 11.8 Å². The van der Waals surface area contributed by atoms with Crippen molar-refractivity contribution < 1.29 is 5.32 Å². The van der Waals surface area contributed by atoms with E-state index in [9.17, 15) is 0 Å². The average Bonchev–Trinajstić information content (AvgIpc) is 2.44. The van der Waals surface area contributed by atoms with Crippen molar-refractivity contribution in [3.8, 4) is 0 Å². The summed E-state index contributed by atoms with van der Waals surface area (Å²) < 4.78 is 0. The molecule has 17 heavy (non-hydrogen) atoms. The van der Waals surface area contributed by atoms with Crippen LogP contribution in [0.5, 0.6) is 0 Å². The predicted octanol–water partition coefficient (Wildman–Crippen LogP) is 3.12. The fourth-order valence-electron chi connectivity index (χ4n) is 6.08. The molecule has 2 N–H and O–H groups in total. The lowest BCUT2D eigenvalue weighted by molar-refractivity contribution is -0.650. The van der Waals surface area contributed by atoms with Crippen molar-refractivity contribution in [3.05, 3.63) is 7.05 Å². The first-order chi connectivity index (χ1) is 7.92. The summed E-state index contributed by atoms with van der Waals surface area (Å²) in [5, 5.41) is 2.30. The van der Waals surface area contributed by atoms with Gasteiger partial charge in [-0.25, -0.2) is 0 Å². The molecule has 0 amide bonds. The van der Waals surface area contributed by atoms with Gasteiger partial charge in [-0.1, -0.05) is 27.2 Å². The number of rotatable bonds is 1. The molecular formula is C16H29N. The molecule has 3 rings (SSSR count). The maximum absolute atomic E-state index is 4.16. The van der Waals surface area contributed by atoms with Gasteiger partial charge in [-0.2, -0.15) is 7.05 Å². The number of hydrogen-bond acceptors (Lipinski definition) is 0. The zero-order valence-corrected chi connectivity index (χ0v) is 11.9. The van der Waals surface area contributed by atoms with E-state index in [0.29, 0.717) is 16.2 Å². The Bertz CT molecular complexity index is 321. The molecule has 0 aromatic rings. The third kappa shape index (κ3) is 1.54. The number of nitrogens with two attached hydrogens (primary N) is 1. The fraction of sp³-hybridized carbons (Fsp3) is 0.938. The Labute approximate surface area is 107 Å². The number of fused-ring (bicyclic) bond motifs is 1. The molecule has 1 heteroatoms. The van der Waals surface area contributed by atoms with E-state index in [1.807, 2.05) is 0 Å². The molecule has 3 aliphatic rings. The minimum absolute atomic E-state index is 0.553. The van der Waals surface area contributed by atoms with Crippen molar-refractivity contribution in [2.75, 3.05) is 0 Å². The van der Waals surface area contributed by atoms with Gasteiger partial charge in [-0.15, -0.1) is 0 Å². The molecule has 1 spiro atoms. The van der Waals surface area contributed by atoms with E-state index in [1.54, 1.807) is 0 Å². The van der Waals surface area contributed by atoms with Gasteiger partial charge in [0.2, 0.25) is 0 Å². The molecule has 1 nitrogen and oxygen atoms in total. The van der Waals surface area contributed by atoms with Crippen LogP contribution in [-0.2, 0) is 0 Å². The van der Waals surface area contributed by atoms with E-state index in [0.717, 1.165) is 12.0 Å². The van der Waals surface area contributed by atoms with Crippen LogP contribution in [0.25, 0.3) is 0 Å². The molecule has 0 heterocycles. The summed E-state index contributed by atoms with van der Waals surface area (Å²) in [5.74, 6) is 0.964. The molecule has 0 aromatic carbocycles. The van der Waals surface area contributed by atoms with Crippen LogP contribution in [0.15, 0.2) is 0 Å². The highest BCUT2D eigenvalue weighted by atomic mass is 14.9. The SMILES string of the molecule is [CH2-][NH2+]C1CC(C)(C)C2CCC3(C)CCCC12C3. The van der Waals surface area contributed by atoms with Crippen LogP contribution in [0.3, 0.4) is 0 Å². The Hall–Kier alpha value is -0.0400. The largest absolute Gasteiger partial charge is 0.476 e. The second-order valence-corrected chi connectivity index (χ2v) is 8.20. The fourth-order valence-corrected chi connectivity index (χ4v) is 6.08. The molecule has 4 atom stereocenters. The summed E-state index contributed by atoms with van der Waals surface area (Å²) in [6.45, 7) is 7.58. The lowest BCUT2D eigenvalue weighted by atomic mass is 9.49. The van der Waals surface area contributed by atoms with E-state index in [4.69, 9.17) is 0 Å².